The lowest BCUT2D eigenvalue weighted by Gasteiger charge is -2.14. The minimum absolute atomic E-state index is 0.0875. The Labute approximate surface area is 163 Å². The number of carbonyl (C=O) groups is 1. The molecule has 1 aliphatic rings. The van der Waals surface area contributed by atoms with Gasteiger partial charge in [0, 0.05) is 10.9 Å². The summed E-state index contributed by atoms with van der Waals surface area (Å²) in [6.45, 7) is 0.0875. The summed E-state index contributed by atoms with van der Waals surface area (Å²) in [5.41, 5.74) is 2.94. The average molecular weight is 397 g/mol. The van der Waals surface area contributed by atoms with E-state index in [1.54, 1.807) is 29.1 Å². The summed E-state index contributed by atoms with van der Waals surface area (Å²) in [5, 5.41) is 10.1. The summed E-state index contributed by atoms with van der Waals surface area (Å²) in [6.07, 6.45) is 1.65. The summed E-state index contributed by atoms with van der Waals surface area (Å²) in [6, 6.07) is 12.6. The first-order chi connectivity index (χ1) is 13.1. The molecule has 0 atom stereocenters. The van der Waals surface area contributed by atoms with Gasteiger partial charge in [0.05, 0.1) is 21.8 Å². The number of fused-ring (bicyclic) bond motifs is 2. The predicted octanol–water partition coefficient (Wildman–Crippen LogP) is 4.70. The number of benzene rings is 2. The van der Waals surface area contributed by atoms with Crippen molar-refractivity contribution in [1.82, 2.24) is 14.9 Å². The van der Waals surface area contributed by atoms with E-state index < -0.39 is 0 Å². The van der Waals surface area contributed by atoms with E-state index in [1.165, 1.54) is 0 Å². The fourth-order valence-corrected chi connectivity index (χ4v) is 3.41. The third-order valence-electron chi connectivity index (χ3n) is 4.41. The van der Waals surface area contributed by atoms with Crippen molar-refractivity contribution in [2.75, 3.05) is 0 Å². The van der Waals surface area contributed by atoms with Gasteiger partial charge in [-0.05, 0) is 24.3 Å². The van der Waals surface area contributed by atoms with Gasteiger partial charge in [-0.25, -0.2) is 9.67 Å². The van der Waals surface area contributed by atoms with E-state index in [-0.39, 0.29) is 12.3 Å². The molecule has 0 saturated heterocycles. The largest absolute Gasteiger partial charge is 0.356 e. The van der Waals surface area contributed by atoms with E-state index in [2.05, 4.69) is 15.2 Å². The quantitative estimate of drug-likeness (QED) is 0.492. The van der Waals surface area contributed by atoms with Crippen LogP contribution in [0, 0.1) is 0 Å². The van der Waals surface area contributed by atoms with Crippen LogP contribution in [-0.2, 0) is 11.3 Å². The zero-order valence-corrected chi connectivity index (χ0v) is 15.2. The Morgan fingerprint density at radius 3 is 2.78 bits per heavy atom. The van der Waals surface area contributed by atoms with Crippen LogP contribution in [0.15, 0.2) is 58.2 Å². The fraction of sp³-hybridized carbons (Fsp3) is 0.0526. The molecule has 5 rings (SSSR count). The zero-order chi connectivity index (χ0) is 18.5. The highest BCUT2D eigenvalue weighted by Crippen LogP contribution is 2.36. The summed E-state index contributed by atoms with van der Waals surface area (Å²) in [4.78, 5) is 17.1. The second kappa shape index (κ2) is 6.04. The van der Waals surface area contributed by atoms with E-state index in [1.807, 2.05) is 24.3 Å². The van der Waals surface area contributed by atoms with Crippen LogP contribution in [0.25, 0.3) is 22.2 Å². The van der Waals surface area contributed by atoms with Crippen molar-refractivity contribution in [2.45, 2.75) is 6.54 Å². The lowest BCUT2D eigenvalue weighted by atomic mass is 10.0. The van der Waals surface area contributed by atoms with Gasteiger partial charge in [-0.3, -0.25) is 4.79 Å². The van der Waals surface area contributed by atoms with Gasteiger partial charge in [0.2, 0.25) is 5.78 Å². The highest BCUT2D eigenvalue weighted by molar-refractivity contribution is 6.48. The lowest BCUT2D eigenvalue weighted by molar-refractivity contribution is -0.113. The molecule has 2 aromatic carbocycles. The van der Waals surface area contributed by atoms with Crippen LogP contribution in [0.2, 0.25) is 10.0 Å². The molecule has 0 spiro atoms. The number of para-hydroxylation sites is 1. The number of Topliss-reactive ketones (excluding diaryl/α,β-unsaturated/α-hetero) is 1. The van der Waals surface area contributed by atoms with Gasteiger partial charge in [-0.1, -0.05) is 46.6 Å². The Kier molecular flexibility index (Phi) is 3.63. The number of hydrogen-bond acceptors (Lipinski definition) is 5. The van der Waals surface area contributed by atoms with Crippen molar-refractivity contribution in [1.29, 1.82) is 0 Å². The van der Waals surface area contributed by atoms with Crippen molar-refractivity contribution in [2.24, 2.45) is 4.99 Å². The standard InChI is InChI=1S/C19H10Cl2N4O2/c20-13-6-5-10(7-14(13)21)17-15(26)9-25-19(23-17)12(8-22-25)18-11-3-1-2-4-16(11)27-24-18/h1-8H,9H2. The summed E-state index contributed by atoms with van der Waals surface area (Å²) in [7, 11) is 0. The molecule has 0 N–H and O–H groups in total. The van der Waals surface area contributed by atoms with Gasteiger partial charge in [0.1, 0.15) is 18.0 Å². The highest BCUT2D eigenvalue weighted by Gasteiger charge is 2.27. The third-order valence-corrected chi connectivity index (χ3v) is 5.15. The Morgan fingerprint density at radius 1 is 1.07 bits per heavy atom. The van der Waals surface area contributed by atoms with Crippen LogP contribution in [0.4, 0.5) is 5.82 Å². The van der Waals surface area contributed by atoms with Gasteiger partial charge < -0.3 is 4.52 Å². The van der Waals surface area contributed by atoms with Crippen molar-refractivity contribution < 1.29 is 9.32 Å². The molecule has 2 aromatic heterocycles. The normalized spacial score (nSPS) is 13.7. The predicted molar refractivity (Wildman–Crippen MR) is 103 cm³/mol. The molecule has 3 heterocycles. The van der Waals surface area contributed by atoms with E-state index in [0.29, 0.717) is 44.0 Å². The van der Waals surface area contributed by atoms with Crippen molar-refractivity contribution in [3.8, 4) is 11.3 Å². The van der Waals surface area contributed by atoms with E-state index in [4.69, 9.17) is 27.7 Å². The van der Waals surface area contributed by atoms with Gasteiger partial charge in [-0.15, -0.1) is 0 Å². The van der Waals surface area contributed by atoms with Crippen LogP contribution < -0.4 is 0 Å². The van der Waals surface area contributed by atoms with Crippen molar-refractivity contribution >= 4 is 51.5 Å². The minimum atomic E-state index is -0.152. The molecule has 0 radical (unpaired) electrons. The van der Waals surface area contributed by atoms with Gasteiger partial charge in [-0.2, -0.15) is 5.10 Å². The van der Waals surface area contributed by atoms with Crippen LogP contribution >= 0.6 is 23.2 Å². The maximum atomic E-state index is 12.6. The fourth-order valence-electron chi connectivity index (χ4n) is 3.11. The molecule has 0 amide bonds. The molecule has 0 fully saturated rings. The van der Waals surface area contributed by atoms with Crippen molar-refractivity contribution in [3.63, 3.8) is 0 Å². The Hall–Kier alpha value is -2.96. The molecule has 4 aromatic rings. The van der Waals surface area contributed by atoms with Crippen LogP contribution in [0.3, 0.4) is 0 Å². The summed E-state index contributed by atoms with van der Waals surface area (Å²) < 4.78 is 6.95. The molecular formula is C19H10Cl2N4O2. The van der Waals surface area contributed by atoms with Gasteiger partial charge >= 0.3 is 0 Å². The van der Waals surface area contributed by atoms with Crippen LogP contribution in [0.5, 0.6) is 0 Å². The molecule has 27 heavy (non-hydrogen) atoms. The van der Waals surface area contributed by atoms with Crippen LogP contribution in [0.1, 0.15) is 5.56 Å². The first-order valence-corrected chi connectivity index (χ1v) is 8.85. The van der Waals surface area contributed by atoms with Gasteiger partial charge in [0.25, 0.3) is 0 Å². The number of aliphatic imine (C=N–C) groups is 1. The topological polar surface area (TPSA) is 73.3 Å². The lowest BCUT2D eigenvalue weighted by Crippen LogP contribution is -2.25. The van der Waals surface area contributed by atoms with E-state index in [0.717, 1.165) is 5.39 Å². The number of hydrogen-bond donors (Lipinski definition) is 0. The number of carbonyl (C=O) groups excluding carboxylic acids is 1. The second-order valence-corrected chi connectivity index (χ2v) is 6.89. The van der Waals surface area contributed by atoms with Gasteiger partial charge in [0.15, 0.2) is 11.4 Å². The van der Waals surface area contributed by atoms with Crippen LogP contribution in [-0.4, -0.2) is 26.4 Å². The Bertz CT molecular complexity index is 1260. The monoisotopic (exact) mass is 396 g/mol. The molecule has 0 aliphatic carbocycles. The summed E-state index contributed by atoms with van der Waals surface area (Å²) in [5.74, 6) is 0.398. The summed E-state index contributed by atoms with van der Waals surface area (Å²) >= 11 is 12.1. The Morgan fingerprint density at radius 2 is 1.93 bits per heavy atom. The maximum absolute atomic E-state index is 12.6. The molecule has 132 valence electrons. The third kappa shape index (κ3) is 2.57. The molecular weight excluding hydrogens is 387 g/mol. The Balaban J connectivity index is 1.68. The number of ketones is 1. The molecule has 0 unspecified atom stereocenters. The number of halogens is 2. The van der Waals surface area contributed by atoms with E-state index >= 15 is 0 Å². The molecule has 0 saturated carbocycles. The number of nitrogens with zero attached hydrogens (tertiary/aromatic N) is 4. The zero-order valence-electron chi connectivity index (χ0n) is 13.7. The molecule has 1 aliphatic heterocycles. The van der Waals surface area contributed by atoms with Crippen molar-refractivity contribution in [3.05, 3.63) is 64.3 Å². The highest BCUT2D eigenvalue weighted by atomic mass is 35.5. The smallest absolute Gasteiger partial charge is 0.203 e. The first kappa shape index (κ1) is 16.2. The number of rotatable bonds is 2. The molecule has 6 nitrogen and oxygen atoms in total. The second-order valence-electron chi connectivity index (χ2n) is 6.08. The molecule has 8 heteroatoms. The SMILES string of the molecule is O=C1Cn2ncc(-c3noc4ccccc34)c2N=C1c1ccc(Cl)c(Cl)c1. The maximum Gasteiger partial charge on any atom is 0.203 e. The first-order valence-electron chi connectivity index (χ1n) is 8.10. The average Bonchev–Trinajstić information content (AvgIpc) is 3.26. The molecule has 0 bridgehead atoms. The number of aromatic nitrogens is 3. The minimum Gasteiger partial charge on any atom is -0.356 e. The van der Waals surface area contributed by atoms with E-state index in [9.17, 15) is 4.79 Å².